The highest BCUT2D eigenvalue weighted by molar-refractivity contribution is 5.72. The lowest BCUT2D eigenvalue weighted by Gasteiger charge is -2.16. The number of hydrogen-bond acceptors (Lipinski definition) is 4. The van der Waals surface area contributed by atoms with Crippen LogP contribution in [0.4, 0.5) is 0 Å². The van der Waals surface area contributed by atoms with Gasteiger partial charge < -0.3 is 9.63 Å². The Bertz CT molecular complexity index is 340. The zero-order valence-corrected chi connectivity index (χ0v) is 9.37. The molecule has 2 N–H and O–H groups in total. The maximum Gasteiger partial charge on any atom is 0.320 e. The Morgan fingerprint density at radius 3 is 2.47 bits per heavy atom. The van der Waals surface area contributed by atoms with Crippen LogP contribution in [0.3, 0.4) is 0 Å². The van der Waals surface area contributed by atoms with Crippen molar-refractivity contribution < 1.29 is 14.4 Å². The molecule has 0 aromatic carbocycles. The van der Waals surface area contributed by atoms with Gasteiger partial charge in [-0.2, -0.15) is 0 Å². The summed E-state index contributed by atoms with van der Waals surface area (Å²) in [5.74, 6) is -0.140. The van der Waals surface area contributed by atoms with Gasteiger partial charge in [-0.1, -0.05) is 5.16 Å². The van der Waals surface area contributed by atoms with E-state index in [4.69, 9.17) is 9.63 Å². The maximum absolute atomic E-state index is 10.7. The molecule has 0 aliphatic heterocycles. The highest BCUT2D eigenvalue weighted by Crippen LogP contribution is 2.21. The van der Waals surface area contributed by atoms with Crippen LogP contribution in [0.5, 0.6) is 0 Å². The number of nitrogens with zero attached hydrogens (tertiary/aromatic N) is 1. The Morgan fingerprint density at radius 2 is 2.07 bits per heavy atom. The predicted octanol–water partition coefficient (Wildman–Crippen LogP) is 1.42. The minimum Gasteiger partial charge on any atom is -0.480 e. The summed E-state index contributed by atoms with van der Waals surface area (Å²) in [6, 6.07) is -0.670. The van der Waals surface area contributed by atoms with E-state index >= 15 is 0 Å². The van der Waals surface area contributed by atoms with Gasteiger partial charge >= 0.3 is 5.97 Å². The van der Waals surface area contributed by atoms with Gasteiger partial charge in [-0.25, -0.2) is 0 Å². The first-order valence-corrected chi connectivity index (χ1v) is 4.85. The number of carboxylic acids is 1. The third kappa shape index (κ3) is 2.56. The van der Waals surface area contributed by atoms with E-state index in [-0.39, 0.29) is 6.04 Å². The molecule has 5 nitrogen and oxygen atoms in total. The van der Waals surface area contributed by atoms with Gasteiger partial charge in [0.25, 0.3) is 0 Å². The lowest BCUT2D eigenvalue weighted by atomic mass is 10.1. The number of rotatable bonds is 4. The molecule has 2 atom stereocenters. The van der Waals surface area contributed by atoms with Gasteiger partial charge in [-0.05, 0) is 27.7 Å². The minimum absolute atomic E-state index is 0.0812. The fourth-order valence-corrected chi connectivity index (χ4v) is 1.64. The summed E-state index contributed by atoms with van der Waals surface area (Å²) in [6.07, 6.45) is 0. The first-order valence-electron chi connectivity index (χ1n) is 4.85. The maximum atomic E-state index is 10.7. The third-order valence-electron chi connectivity index (χ3n) is 2.39. The molecule has 0 aliphatic rings. The van der Waals surface area contributed by atoms with Crippen LogP contribution in [-0.4, -0.2) is 22.3 Å². The number of carboxylic acid groups (broad SMARTS) is 1. The smallest absolute Gasteiger partial charge is 0.320 e. The topological polar surface area (TPSA) is 75.4 Å². The zero-order valence-electron chi connectivity index (χ0n) is 9.37. The minimum atomic E-state index is -0.867. The molecule has 0 saturated carbocycles. The van der Waals surface area contributed by atoms with Gasteiger partial charge in [0.2, 0.25) is 0 Å². The molecule has 0 spiro atoms. The number of carbonyl (C=O) groups is 1. The first kappa shape index (κ1) is 11.7. The summed E-state index contributed by atoms with van der Waals surface area (Å²) in [4.78, 5) is 10.7. The molecule has 0 aliphatic carbocycles. The number of aromatic nitrogens is 1. The fraction of sp³-hybridized carbons (Fsp3) is 0.600. The highest BCUT2D eigenvalue weighted by Gasteiger charge is 2.20. The summed E-state index contributed by atoms with van der Waals surface area (Å²) in [7, 11) is 0. The standard InChI is InChI=1S/C10H16N2O3/c1-5(11-7(3)10(13)14)9-6(2)12-15-8(9)4/h5,7,11H,1-4H3,(H,13,14). The van der Waals surface area contributed by atoms with Crippen molar-refractivity contribution in [2.24, 2.45) is 0 Å². The highest BCUT2D eigenvalue weighted by atomic mass is 16.5. The van der Waals surface area contributed by atoms with Gasteiger partial charge in [-0.15, -0.1) is 0 Å². The van der Waals surface area contributed by atoms with Crippen molar-refractivity contribution in [3.63, 3.8) is 0 Å². The Morgan fingerprint density at radius 1 is 1.47 bits per heavy atom. The van der Waals surface area contributed by atoms with Crippen LogP contribution in [0.25, 0.3) is 0 Å². The molecule has 5 heteroatoms. The van der Waals surface area contributed by atoms with Crippen LogP contribution < -0.4 is 5.32 Å². The summed E-state index contributed by atoms with van der Waals surface area (Å²) >= 11 is 0. The summed E-state index contributed by atoms with van der Waals surface area (Å²) in [6.45, 7) is 7.16. The number of aryl methyl sites for hydroxylation is 2. The van der Waals surface area contributed by atoms with Gasteiger partial charge in [0.05, 0.1) is 5.69 Å². The number of aliphatic carboxylic acids is 1. The quantitative estimate of drug-likeness (QED) is 0.789. The summed E-state index contributed by atoms with van der Waals surface area (Å²) < 4.78 is 5.02. The summed E-state index contributed by atoms with van der Waals surface area (Å²) in [5, 5.41) is 15.6. The predicted molar refractivity (Wildman–Crippen MR) is 54.6 cm³/mol. The molecule has 0 fully saturated rings. The van der Waals surface area contributed by atoms with Crippen molar-refractivity contribution >= 4 is 5.97 Å². The average Bonchev–Trinajstić information content (AvgIpc) is 2.45. The molecule has 0 saturated heterocycles. The van der Waals surface area contributed by atoms with E-state index in [0.717, 1.165) is 17.0 Å². The van der Waals surface area contributed by atoms with E-state index < -0.39 is 12.0 Å². The fourth-order valence-electron chi connectivity index (χ4n) is 1.64. The molecule has 2 unspecified atom stereocenters. The zero-order chi connectivity index (χ0) is 11.6. The van der Waals surface area contributed by atoms with Crippen LogP contribution in [-0.2, 0) is 4.79 Å². The Balaban J connectivity index is 2.77. The normalized spacial score (nSPS) is 14.9. The van der Waals surface area contributed by atoms with Gasteiger partial charge in [0.1, 0.15) is 11.8 Å². The second-order valence-corrected chi connectivity index (χ2v) is 3.69. The molecule has 0 amide bonds. The molecular weight excluding hydrogens is 196 g/mol. The van der Waals surface area contributed by atoms with Crippen molar-refractivity contribution in [1.29, 1.82) is 0 Å². The molecule has 0 radical (unpaired) electrons. The second kappa shape index (κ2) is 4.44. The van der Waals surface area contributed by atoms with Gasteiger partial charge in [0, 0.05) is 11.6 Å². The van der Waals surface area contributed by atoms with Crippen molar-refractivity contribution in [3.8, 4) is 0 Å². The monoisotopic (exact) mass is 212 g/mol. The molecule has 0 bridgehead atoms. The van der Waals surface area contributed by atoms with Crippen molar-refractivity contribution in [2.45, 2.75) is 39.8 Å². The van der Waals surface area contributed by atoms with Crippen LogP contribution in [0.1, 0.15) is 36.9 Å². The van der Waals surface area contributed by atoms with Crippen LogP contribution in [0.15, 0.2) is 4.52 Å². The van der Waals surface area contributed by atoms with E-state index in [9.17, 15) is 4.79 Å². The molecule has 1 heterocycles. The Kier molecular flexibility index (Phi) is 3.47. The molecule has 1 aromatic rings. The van der Waals surface area contributed by atoms with Gasteiger partial charge in [0.15, 0.2) is 0 Å². The SMILES string of the molecule is Cc1noc(C)c1C(C)NC(C)C(=O)O. The molecule has 1 aromatic heterocycles. The molecule has 15 heavy (non-hydrogen) atoms. The van der Waals surface area contributed by atoms with E-state index in [0.29, 0.717) is 0 Å². The Labute approximate surface area is 88.5 Å². The van der Waals surface area contributed by atoms with Crippen molar-refractivity contribution in [2.75, 3.05) is 0 Å². The first-order chi connectivity index (χ1) is 6.93. The molecule has 1 rings (SSSR count). The molecular formula is C10H16N2O3. The number of hydrogen-bond donors (Lipinski definition) is 2. The van der Waals surface area contributed by atoms with E-state index in [1.54, 1.807) is 6.92 Å². The van der Waals surface area contributed by atoms with Crippen molar-refractivity contribution in [1.82, 2.24) is 10.5 Å². The average molecular weight is 212 g/mol. The second-order valence-electron chi connectivity index (χ2n) is 3.69. The van der Waals surface area contributed by atoms with Crippen molar-refractivity contribution in [3.05, 3.63) is 17.0 Å². The number of nitrogens with one attached hydrogen (secondary N) is 1. The van der Waals surface area contributed by atoms with E-state index in [1.165, 1.54) is 0 Å². The van der Waals surface area contributed by atoms with Crippen LogP contribution in [0, 0.1) is 13.8 Å². The van der Waals surface area contributed by atoms with E-state index in [1.807, 2.05) is 20.8 Å². The molecule has 84 valence electrons. The summed E-state index contributed by atoms with van der Waals surface area (Å²) in [5.41, 5.74) is 1.73. The lowest BCUT2D eigenvalue weighted by molar-refractivity contribution is -0.139. The Hall–Kier alpha value is -1.36. The largest absolute Gasteiger partial charge is 0.480 e. The lowest BCUT2D eigenvalue weighted by Crippen LogP contribution is -2.35. The third-order valence-corrected chi connectivity index (χ3v) is 2.39. The van der Waals surface area contributed by atoms with E-state index in [2.05, 4.69) is 10.5 Å². The van der Waals surface area contributed by atoms with Crippen LogP contribution in [0.2, 0.25) is 0 Å². The van der Waals surface area contributed by atoms with Crippen LogP contribution >= 0.6 is 0 Å². The van der Waals surface area contributed by atoms with Gasteiger partial charge in [-0.3, -0.25) is 10.1 Å².